The van der Waals surface area contributed by atoms with Crippen LogP contribution in [0.25, 0.3) is 0 Å². The molecule has 1 aliphatic rings. The summed E-state index contributed by atoms with van der Waals surface area (Å²) in [6, 6.07) is 9.72. The van der Waals surface area contributed by atoms with Crippen LogP contribution >= 0.6 is 11.6 Å². The molecular weight excluding hydrogens is 317 g/mol. The Morgan fingerprint density at radius 3 is 2.70 bits per heavy atom. The number of anilines is 1. The average molecular weight is 334 g/mol. The van der Waals surface area contributed by atoms with Crippen LogP contribution in [-0.2, 0) is 4.79 Å². The Balaban J connectivity index is 2.22. The molecule has 5 heteroatoms. The highest BCUT2D eigenvalue weighted by atomic mass is 35.5. The fourth-order valence-electron chi connectivity index (χ4n) is 3.39. The van der Waals surface area contributed by atoms with Gasteiger partial charge >= 0.3 is 5.97 Å². The molecule has 23 heavy (non-hydrogen) atoms. The van der Waals surface area contributed by atoms with E-state index in [1.54, 1.807) is 0 Å². The first-order chi connectivity index (χ1) is 10.9. The highest BCUT2D eigenvalue weighted by molar-refractivity contribution is 6.33. The van der Waals surface area contributed by atoms with Crippen LogP contribution in [0.1, 0.15) is 29.5 Å². The fraction of sp³-hybridized carbons (Fsp3) is 0.278. The van der Waals surface area contributed by atoms with Gasteiger partial charge in [-0.1, -0.05) is 48.4 Å². The van der Waals surface area contributed by atoms with Gasteiger partial charge in [0.25, 0.3) is 0 Å². The normalized spacial score (nSPS) is 23.0. The third-order valence-electron chi connectivity index (χ3n) is 4.44. The Morgan fingerprint density at radius 2 is 2.04 bits per heavy atom. The molecule has 1 aliphatic heterocycles. The largest absolute Gasteiger partial charge is 0.480 e. The maximum absolute atomic E-state index is 13.9. The zero-order valence-corrected chi connectivity index (χ0v) is 13.6. The number of hydrogen-bond acceptors (Lipinski definition) is 2. The van der Waals surface area contributed by atoms with Gasteiger partial charge in [0.1, 0.15) is 11.9 Å². The lowest BCUT2D eigenvalue weighted by Gasteiger charge is -2.37. The number of carboxylic acids is 1. The Hall–Kier alpha value is -2.07. The number of halogens is 2. The summed E-state index contributed by atoms with van der Waals surface area (Å²) in [6.07, 6.45) is 0. The molecule has 2 N–H and O–H groups in total. The minimum absolute atomic E-state index is 0.204. The van der Waals surface area contributed by atoms with Crippen LogP contribution in [-0.4, -0.2) is 17.1 Å². The standard InChI is InChI=1S/C18H17ClFNO2/c1-9-4-3-5-11(6-9)15-10(2)16(18(22)23)21-17-13(15)7-12(20)8-14(17)19/h3-8,10,15-16,21H,1-2H3,(H,22,23). The van der Waals surface area contributed by atoms with Gasteiger partial charge < -0.3 is 10.4 Å². The number of carboxylic acid groups (broad SMARTS) is 1. The van der Waals surface area contributed by atoms with Gasteiger partial charge in [-0.2, -0.15) is 0 Å². The SMILES string of the molecule is Cc1cccc(C2c3cc(F)cc(Cl)c3NC(C(=O)O)C2C)c1. The molecule has 3 rings (SSSR count). The van der Waals surface area contributed by atoms with Crippen molar-refractivity contribution in [2.24, 2.45) is 5.92 Å². The Labute approximate surface area is 139 Å². The van der Waals surface area contributed by atoms with Crippen molar-refractivity contribution in [3.63, 3.8) is 0 Å². The van der Waals surface area contributed by atoms with Gasteiger partial charge in [0.2, 0.25) is 0 Å². The molecule has 0 aliphatic carbocycles. The molecule has 0 bridgehead atoms. The number of rotatable bonds is 2. The van der Waals surface area contributed by atoms with Gasteiger partial charge in [-0.15, -0.1) is 0 Å². The van der Waals surface area contributed by atoms with Gasteiger partial charge in [-0.3, -0.25) is 0 Å². The van der Waals surface area contributed by atoms with Gasteiger partial charge in [-0.25, -0.2) is 9.18 Å². The molecule has 0 saturated heterocycles. The summed E-state index contributed by atoms with van der Waals surface area (Å²) in [5.41, 5.74) is 3.24. The summed E-state index contributed by atoms with van der Waals surface area (Å²) in [5.74, 6) is -1.85. The van der Waals surface area contributed by atoms with Crippen molar-refractivity contribution in [1.82, 2.24) is 0 Å². The van der Waals surface area contributed by atoms with Gasteiger partial charge in [0.15, 0.2) is 0 Å². The Bertz CT molecular complexity index is 778. The zero-order valence-electron chi connectivity index (χ0n) is 12.8. The maximum atomic E-state index is 13.9. The molecule has 0 radical (unpaired) electrons. The van der Waals surface area contributed by atoms with Crippen LogP contribution in [0.3, 0.4) is 0 Å². The maximum Gasteiger partial charge on any atom is 0.326 e. The Morgan fingerprint density at radius 1 is 1.30 bits per heavy atom. The molecule has 0 saturated carbocycles. The van der Waals surface area contributed by atoms with Gasteiger partial charge in [0.05, 0.1) is 10.7 Å². The molecule has 0 fully saturated rings. The number of hydrogen-bond donors (Lipinski definition) is 2. The first-order valence-electron chi connectivity index (χ1n) is 7.43. The van der Waals surface area contributed by atoms with Crippen LogP contribution in [0, 0.1) is 18.7 Å². The van der Waals surface area contributed by atoms with Crippen molar-refractivity contribution in [2.45, 2.75) is 25.8 Å². The highest BCUT2D eigenvalue weighted by Gasteiger charge is 2.39. The minimum Gasteiger partial charge on any atom is -0.480 e. The fourth-order valence-corrected chi connectivity index (χ4v) is 3.65. The molecule has 0 spiro atoms. The number of nitrogens with one attached hydrogen (secondary N) is 1. The molecule has 3 atom stereocenters. The predicted molar refractivity (Wildman–Crippen MR) is 88.6 cm³/mol. The van der Waals surface area contributed by atoms with E-state index in [9.17, 15) is 14.3 Å². The minimum atomic E-state index is -0.943. The topological polar surface area (TPSA) is 49.3 Å². The molecule has 120 valence electrons. The van der Waals surface area contributed by atoms with Crippen molar-refractivity contribution >= 4 is 23.3 Å². The molecule has 3 nitrogen and oxygen atoms in total. The van der Waals surface area contributed by atoms with Crippen LogP contribution in [0.5, 0.6) is 0 Å². The molecule has 0 amide bonds. The van der Waals surface area contributed by atoms with Crippen LogP contribution in [0.15, 0.2) is 36.4 Å². The van der Waals surface area contributed by atoms with Crippen LogP contribution in [0.2, 0.25) is 5.02 Å². The van der Waals surface area contributed by atoms with E-state index in [1.807, 2.05) is 38.1 Å². The third kappa shape index (κ3) is 2.79. The van der Waals surface area contributed by atoms with Crippen LogP contribution < -0.4 is 5.32 Å². The van der Waals surface area contributed by atoms with Crippen molar-refractivity contribution < 1.29 is 14.3 Å². The second-order valence-corrected chi connectivity index (χ2v) is 6.47. The van der Waals surface area contributed by atoms with E-state index >= 15 is 0 Å². The smallest absolute Gasteiger partial charge is 0.326 e. The van der Waals surface area contributed by atoms with Gasteiger partial charge in [0, 0.05) is 5.92 Å². The van der Waals surface area contributed by atoms with E-state index in [-0.39, 0.29) is 16.9 Å². The quantitative estimate of drug-likeness (QED) is 0.854. The molecule has 0 aromatic heterocycles. The number of fused-ring (bicyclic) bond motifs is 1. The average Bonchev–Trinajstić information content (AvgIpc) is 2.46. The van der Waals surface area contributed by atoms with Crippen molar-refractivity contribution in [2.75, 3.05) is 5.32 Å². The zero-order chi connectivity index (χ0) is 16.7. The lowest BCUT2D eigenvalue weighted by atomic mass is 9.74. The van der Waals surface area contributed by atoms with E-state index in [4.69, 9.17) is 11.6 Å². The number of aryl methyl sites for hydroxylation is 1. The molecule has 3 unspecified atom stereocenters. The van der Waals surface area contributed by atoms with E-state index in [0.29, 0.717) is 11.3 Å². The van der Waals surface area contributed by atoms with E-state index < -0.39 is 17.8 Å². The lowest BCUT2D eigenvalue weighted by Crippen LogP contribution is -2.42. The predicted octanol–water partition coefficient (Wildman–Crippen LogP) is 4.43. The van der Waals surface area contributed by atoms with E-state index in [2.05, 4.69) is 5.32 Å². The van der Waals surface area contributed by atoms with Crippen molar-refractivity contribution in [1.29, 1.82) is 0 Å². The summed E-state index contributed by atoms with van der Waals surface area (Å²) >= 11 is 6.15. The second-order valence-electron chi connectivity index (χ2n) is 6.06. The number of aliphatic carboxylic acids is 1. The first kappa shape index (κ1) is 15.8. The van der Waals surface area contributed by atoms with Crippen molar-refractivity contribution in [3.8, 4) is 0 Å². The Kier molecular flexibility index (Phi) is 4.02. The van der Waals surface area contributed by atoms with Gasteiger partial charge in [-0.05, 0) is 36.1 Å². The molecule has 2 aromatic rings. The summed E-state index contributed by atoms with van der Waals surface area (Å²) in [4.78, 5) is 11.6. The molecule has 1 heterocycles. The second kappa shape index (κ2) is 5.85. The number of carbonyl (C=O) groups is 1. The lowest BCUT2D eigenvalue weighted by molar-refractivity contribution is -0.139. The number of benzene rings is 2. The monoisotopic (exact) mass is 333 g/mol. The third-order valence-corrected chi connectivity index (χ3v) is 4.74. The first-order valence-corrected chi connectivity index (χ1v) is 7.81. The summed E-state index contributed by atoms with van der Waals surface area (Å²) < 4.78 is 13.9. The molecule has 2 aromatic carbocycles. The molecular formula is C18H17ClFNO2. The van der Waals surface area contributed by atoms with E-state index in [1.165, 1.54) is 12.1 Å². The highest BCUT2D eigenvalue weighted by Crippen LogP contribution is 2.45. The summed E-state index contributed by atoms with van der Waals surface area (Å²) in [6.45, 7) is 3.84. The summed E-state index contributed by atoms with van der Waals surface area (Å²) in [7, 11) is 0. The van der Waals surface area contributed by atoms with Crippen molar-refractivity contribution in [3.05, 3.63) is 63.9 Å². The van der Waals surface area contributed by atoms with Crippen LogP contribution in [0.4, 0.5) is 10.1 Å². The van der Waals surface area contributed by atoms with E-state index in [0.717, 1.165) is 11.1 Å². The summed E-state index contributed by atoms with van der Waals surface area (Å²) in [5, 5.41) is 12.7.